The first-order valence-electron chi connectivity index (χ1n) is 8.00. The Balaban J connectivity index is 1.92. The van der Waals surface area contributed by atoms with Crippen LogP contribution in [0.2, 0.25) is 0 Å². The lowest BCUT2D eigenvalue weighted by molar-refractivity contribution is 0.174. The number of hydrogen-bond acceptors (Lipinski definition) is 4. The summed E-state index contributed by atoms with van der Waals surface area (Å²) in [6.07, 6.45) is 3.59. The zero-order valence-corrected chi connectivity index (χ0v) is 13.5. The largest absolute Gasteiger partial charge is 0.504 e. The summed E-state index contributed by atoms with van der Waals surface area (Å²) < 4.78 is 11.7. The summed E-state index contributed by atoms with van der Waals surface area (Å²) in [4.78, 5) is 0. The van der Waals surface area contributed by atoms with E-state index in [1.165, 1.54) is 11.6 Å². The first kappa shape index (κ1) is 15.5. The lowest BCUT2D eigenvalue weighted by atomic mass is 9.95. The third kappa shape index (κ3) is 3.07. The standard InChI is InChI=1S/C19H22O4/c1-3-4-12-9-18(22-2)14-6-8-17(23-19(14)10-12)13-5-7-15(20)16(21)11-13/h5,7,9-11,17,20-21H,3-4,6,8H2,1-2H3. The van der Waals surface area contributed by atoms with E-state index in [2.05, 4.69) is 19.1 Å². The van der Waals surface area contributed by atoms with Gasteiger partial charge in [-0.05, 0) is 54.7 Å². The molecule has 23 heavy (non-hydrogen) atoms. The van der Waals surface area contributed by atoms with E-state index in [1.54, 1.807) is 19.2 Å². The van der Waals surface area contributed by atoms with Crippen LogP contribution in [0.1, 0.15) is 42.6 Å². The van der Waals surface area contributed by atoms with Gasteiger partial charge in [0.15, 0.2) is 11.5 Å². The van der Waals surface area contributed by atoms with Crippen LogP contribution in [0.25, 0.3) is 0 Å². The molecule has 3 rings (SSSR count). The van der Waals surface area contributed by atoms with Crippen LogP contribution in [0.5, 0.6) is 23.0 Å². The van der Waals surface area contributed by atoms with Crippen molar-refractivity contribution in [3.63, 3.8) is 0 Å². The van der Waals surface area contributed by atoms with Crippen molar-refractivity contribution in [2.45, 2.75) is 38.7 Å². The number of phenolic OH excluding ortho intramolecular Hbond substituents is 2. The maximum atomic E-state index is 9.70. The highest BCUT2D eigenvalue weighted by Crippen LogP contribution is 2.41. The number of rotatable bonds is 4. The Labute approximate surface area is 136 Å². The van der Waals surface area contributed by atoms with E-state index in [9.17, 15) is 10.2 Å². The second-order valence-electron chi connectivity index (χ2n) is 5.92. The van der Waals surface area contributed by atoms with E-state index >= 15 is 0 Å². The van der Waals surface area contributed by atoms with Gasteiger partial charge in [0.1, 0.15) is 17.6 Å². The summed E-state index contributed by atoms with van der Waals surface area (Å²) in [6.45, 7) is 2.15. The van der Waals surface area contributed by atoms with Crippen LogP contribution < -0.4 is 9.47 Å². The molecule has 0 saturated heterocycles. The Morgan fingerprint density at radius 3 is 2.70 bits per heavy atom. The molecule has 0 amide bonds. The Bertz CT molecular complexity index is 709. The predicted octanol–water partition coefficient (Wildman–Crippen LogP) is 4.13. The van der Waals surface area contributed by atoms with Gasteiger partial charge in [0.25, 0.3) is 0 Å². The molecule has 2 N–H and O–H groups in total. The monoisotopic (exact) mass is 314 g/mol. The van der Waals surface area contributed by atoms with E-state index in [-0.39, 0.29) is 17.6 Å². The van der Waals surface area contributed by atoms with E-state index in [0.717, 1.165) is 48.3 Å². The zero-order valence-electron chi connectivity index (χ0n) is 13.5. The maximum Gasteiger partial charge on any atom is 0.157 e. The summed E-state index contributed by atoms with van der Waals surface area (Å²) in [7, 11) is 1.69. The van der Waals surface area contributed by atoms with Crippen molar-refractivity contribution in [3.05, 3.63) is 47.0 Å². The minimum Gasteiger partial charge on any atom is -0.504 e. The Morgan fingerprint density at radius 1 is 1.17 bits per heavy atom. The average molecular weight is 314 g/mol. The number of aryl methyl sites for hydroxylation is 1. The van der Waals surface area contributed by atoms with Gasteiger partial charge in [-0.2, -0.15) is 0 Å². The topological polar surface area (TPSA) is 58.9 Å². The van der Waals surface area contributed by atoms with Crippen LogP contribution >= 0.6 is 0 Å². The lowest BCUT2D eigenvalue weighted by Crippen LogP contribution is -2.16. The molecule has 1 atom stereocenters. The highest BCUT2D eigenvalue weighted by atomic mass is 16.5. The van der Waals surface area contributed by atoms with Crippen LogP contribution in [0.4, 0.5) is 0 Å². The number of ether oxygens (including phenoxy) is 2. The van der Waals surface area contributed by atoms with Gasteiger partial charge in [-0.1, -0.05) is 19.4 Å². The van der Waals surface area contributed by atoms with Gasteiger partial charge in [-0.3, -0.25) is 0 Å². The summed E-state index contributed by atoms with van der Waals surface area (Å²) >= 11 is 0. The molecule has 122 valence electrons. The molecule has 4 nitrogen and oxygen atoms in total. The Hall–Kier alpha value is -2.36. The van der Waals surface area contributed by atoms with E-state index in [0.29, 0.717) is 0 Å². The summed E-state index contributed by atoms with van der Waals surface area (Å²) in [5.41, 5.74) is 3.18. The Kier molecular flexibility index (Phi) is 4.33. The van der Waals surface area contributed by atoms with Crippen molar-refractivity contribution in [2.24, 2.45) is 0 Å². The highest BCUT2D eigenvalue weighted by molar-refractivity contribution is 5.50. The van der Waals surface area contributed by atoms with E-state index in [4.69, 9.17) is 9.47 Å². The van der Waals surface area contributed by atoms with E-state index < -0.39 is 0 Å². The predicted molar refractivity (Wildman–Crippen MR) is 88.5 cm³/mol. The van der Waals surface area contributed by atoms with Crippen LogP contribution in [0, 0.1) is 0 Å². The molecule has 1 aliphatic rings. The van der Waals surface area contributed by atoms with Crippen LogP contribution in [-0.4, -0.2) is 17.3 Å². The number of hydrogen-bond donors (Lipinski definition) is 2. The second kappa shape index (κ2) is 6.41. The number of methoxy groups -OCH3 is 1. The molecular formula is C19H22O4. The van der Waals surface area contributed by atoms with Gasteiger partial charge < -0.3 is 19.7 Å². The Morgan fingerprint density at radius 2 is 2.00 bits per heavy atom. The van der Waals surface area contributed by atoms with Crippen molar-refractivity contribution < 1.29 is 19.7 Å². The fourth-order valence-electron chi connectivity index (χ4n) is 3.10. The normalized spacial score (nSPS) is 16.5. The van der Waals surface area contributed by atoms with Gasteiger partial charge in [-0.15, -0.1) is 0 Å². The van der Waals surface area contributed by atoms with Crippen LogP contribution in [0.15, 0.2) is 30.3 Å². The summed E-state index contributed by atoms with van der Waals surface area (Å²) in [6, 6.07) is 9.04. The summed E-state index contributed by atoms with van der Waals surface area (Å²) in [5, 5.41) is 19.2. The first-order chi connectivity index (χ1) is 11.1. The molecule has 2 aromatic rings. The number of fused-ring (bicyclic) bond motifs is 1. The fourth-order valence-corrected chi connectivity index (χ4v) is 3.10. The molecular weight excluding hydrogens is 292 g/mol. The number of phenols is 2. The number of aromatic hydroxyl groups is 2. The molecule has 0 aliphatic carbocycles. The van der Waals surface area contributed by atoms with Gasteiger partial charge in [0.05, 0.1) is 7.11 Å². The van der Waals surface area contributed by atoms with E-state index in [1.807, 2.05) is 0 Å². The molecule has 0 aromatic heterocycles. The van der Waals surface area contributed by atoms with Crippen LogP contribution in [0.3, 0.4) is 0 Å². The molecule has 1 heterocycles. The van der Waals surface area contributed by atoms with Gasteiger partial charge in [-0.25, -0.2) is 0 Å². The molecule has 0 fully saturated rings. The zero-order chi connectivity index (χ0) is 16.4. The molecule has 4 heteroatoms. The highest BCUT2D eigenvalue weighted by Gasteiger charge is 2.25. The summed E-state index contributed by atoms with van der Waals surface area (Å²) in [5.74, 6) is 1.51. The average Bonchev–Trinajstić information content (AvgIpc) is 2.56. The van der Waals surface area contributed by atoms with Crippen molar-refractivity contribution in [2.75, 3.05) is 7.11 Å². The van der Waals surface area contributed by atoms with Crippen molar-refractivity contribution in [1.82, 2.24) is 0 Å². The van der Waals surface area contributed by atoms with Gasteiger partial charge >= 0.3 is 0 Å². The quantitative estimate of drug-likeness (QED) is 0.833. The second-order valence-corrected chi connectivity index (χ2v) is 5.92. The minimum absolute atomic E-state index is 0.114. The van der Waals surface area contributed by atoms with Crippen molar-refractivity contribution in [3.8, 4) is 23.0 Å². The molecule has 2 aromatic carbocycles. The minimum atomic E-state index is -0.129. The molecule has 0 bridgehead atoms. The van der Waals surface area contributed by atoms with Crippen molar-refractivity contribution >= 4 is 0 Å². The number of benzene rings is 2. The molecule has 0 spiro atoms. The lowest BCUT2D eigenvalue weighted by Gasteiger charge is -2.28. The first-order valence-corrected chi connectivity index (χ1v) is 8.00. The third-order valence-corrected chi connectivity index (χ3v) is 4.28. The van der Waals surface area contributed by atoms with Crippen LogP contribution in [-0.2, 0) is 12.8 Å². The molecule has 1 unspecified atom stereocenters. The fraction of sp³-hybridized carbons (Fsp3) is 0.368. The maximum absolute atomic E-state index is 9.70. The van der Waals surface area contributed by atoms with Gasteiger partial charge in [0.2, 0.25) is 0 Å². The SMILES string of the molecule is CCCc1cc(OC)c2c(c1)OC(c1ccc(O)c(O)c1)CC2. The smallest absolute Gasteiger partial charge is 0.157 e. The molecule has 0 saturated carbocycles. The third-order valence-electron chi connectivity index (χ3n) is 4.28. The molecule has 1 aliphatic heterocycles. The van der Waals surface area contributed by atoms with Crippen molar-refractivity contribution in [1.29, 1.82) is 0 Å². The van der Waals surface area contributed by atoms with Gasteiger partial charge in [0, 0.05) is 5.56 Å². The molecule has 0 radical (unpaired) electrons.